The van der Waals surface area contributed by atoms with E-state index in [0.717, 1.165) is 11.1 Å². The molecule has 3 aromatic carbocycles. The van der Waals surface area contributed by atoms with E-state index in [9.17, 15) is 14.0 Å². The molecule has 142 valence electrons. The monoisotopic (exact) mass is 376 g/mol. The minimum Gasteiger partial charge on any atom is -0.352 e. The molecule has 0 spiro atoms. The van der Waals surface area contributed by atoms with Crippen LogP contribution in [0.4, 0.5) is 10.1 Å². The van der Waals surface area contributed by atoms with Gasteiger partial charge >= 0.3 is 0 Å². The summed E-state index contributed by atoms with van der Waals surface area (Å²) in [7, 11) is 0. The predicted molar refractivity (Wildman–Crippen MR) is 108 cm³/mol. The highest BCUT2D eigenvalue weighted by Crippen LogP contribution is 2.13. The maximum absolute atomic E-state index is 12.9. The maximum Gasteiger partial charge on any atom is 0.255 e. The Morgan fingerprint density at radius 3 is 2.25 bits per heavy atom. The molecule has 5 heteroatoms. The minimum atomic E-state index is -0.284. The van der Waals surface area contributed by atoms with E-state index in [2.05, 4.69) is 10.6 Å². The number of halogens is 1. The van der Waals surface area contributed by atoms with Crippen LogP contribution in [0.1, 0.15) is 31.8 Å². The highest BCUT2D eigenvalue weighted by Gasteiger charge is 2.11. The Hall–Kier alpha value is -3.47. The summed E-state index contributed by atoms with van der Waals surface area (Å²) < 4.78 is 12.9. The van der Waals surface area contributed by atoms with Crippen LogP contribution < -0.4 is 10.6 Å². The molecule has 0 saturated heterocycles. The van der Waals surface area contributed by atoms with Crippen molar-refractivity contribution in [2.24, 2.45) is 0 Å². The molecule has 0 aliphatic heterocycles. The summed E-state index contributed by atoms with van der Waals surface area (Å²) in [6, 6.07) is 20.3. The van der Waals surface area contributed by atoms with Gasteiger partial charge in [-0.05, 0) is 66.9 Å². The third-order valence-electron chi connectivity index (χ3n) is 4.28. The molecule has 3 rings (SSSR count). The third kappa shape index (κ3) is 5.27. The van der Waals surface area contributed by atoms with Crippen LogP contribution in [0, 0.1) is 12.7 Å². The van der Waals surface area contributed by atoms with Crippen LogP contribution in [0.5, 0.6) is 0 Å². The Labute approximate surface area is 163 Å². The highest BCUT2D eigenvalue weighted by molar-refractivity contribution is 6.06. The molecule has 2 N–H and O–H groups in total. The van der Waals surface area contributed by atoms with E-state index in [1.165, 1.54) is 12.1 Å². The van der Waals surface area contributed by atoms with Crippen molar-refractivity contribution >= 4 is 17.5 Å². The quantitative estimate of drug-likeness (QED) is 0.672. The van der Waals surface area contributed by atoms with Gasteiger partial charge < -0.3 is 10.6 Å². The molecule has 28 heavy (non-hydrogen) atoms. The average molecular weight is 376 g/mol. The van der Waals surface area contributed by atoms with Gasteiger partial charge in [0.15, 0.2) is 0 Å². The first-order chi connectivity index (χ1) is 13.5. The molecule has 0 aliphatic rings. The number of benzene rings is 3. The summed E-state index contributed by atoms with van der Waals surface area (Å²) in [6.45, 7) is 2.37. The summed E-state index contributed by atoms with van der Waals surface area (Å²) in [6.07, 6.45) is 0.597. The zero-order chi connectivity index (χ0) is 19.9. The Balaban J connectivity index is 1.59. The van der Waals surface area contributed by atoms with Gasteiger partial charge in [-0.25, -0.2) is 4.39 Å². The van der Waals surface area contributed by atoms with E-state index in [0.29, 0.717) is 29.8 Å². The van der Waals surface area contributed by atoms with Gasteiger partial charge in [-0.3, -0.25) is 9.59 Å². The number of anilines is 1. The van der Waals surface area contributed by atoms with Gasteiger partial charge in [0.05, 0.1) is 0 Å². The third-order valence-corrected chi connectivity index (χ3v) is 4.28. The molecule has 4 nitrogen and oxygen atoms in total. The van der Waals surface area contributed by atoms with Crippen LogP contribution in [0.15, 0.2) is 72.8 Å². The molecule has 0 radical (unpaired) electrons. The zero-order valence-corrected chi connectivity index (χ0v) is 15.5. The van der Waals surface area contributed by atoms with E-state index < -0.39 is 0 Å². The fraction of sp³-hybridized carbons (Fsp3) is 0.130. The Bertz CT molecular complexity index is 984. The van der Waals surface area contributed by atoms with Gasteiger partial charge in [-0.15, -0.1) is 0 Å². The molecule has 0 bridgehead atoms. The maximum atomic E-state index is 12.9. The van der Waals surface area contributed by atoms with Crippen molar-refractivity contribution in [1.82, 2.24) is 5.32 Å². The summed E-state index contributed by atoms with van der Waals surface area (Å²) in [5.41, 5.74) is 3.52. The first kappa shape index (κ1) is 19.3. The van der Waals surface area contributed by atoms with Crippen molar-refractivity contribution in [2.45, 2.75) is 13.3 Å². The Morgan fingerprint density at radius 1 is 0.857 bits per heavy atom. The second kappa shape index (κ2) is 8.95. The fourth-order valence-corrected chi connectivity index (χ4v) is 2.80. The van der Waals surface area contributed by atoms with Gasteiger partial charge in [0.1, 0.15) is 5.82 Å². The molecule has 0 aromatic heterocycles. The lowest BCUT2D eigenvalue weighted by molar-refractivity contribution is 0.0954. The minimum absolute atomic E-state index is 0.257. The van der Waals surface area contributed by atoms with Crippen LogP contribution in [0.25, 0.3) is 0 Å². The van der Waals surface area contributed by atoms with Crippen molar-refractivity contribution in [2.75, 3.05) is 11.9 Å². The van der Waals surface area contributed by atoms with Crippen LogP contribution >= 0.6 is 0 Å². The lowest BCUT2D eigenvalue weighted by atomic mass is 10.1. The molecule has 0 aliphatic carbocycles. The predicted octanol–water partition coefficient (Wildman–Crippen LogP) is 4.36. The first-order valence-corrected chi connectivity index (χ1v) is 9.02. The van der Waals surface area contributed by atoms with E-state index in [1.54, 1.807) is 36.4 Å². The smallest absolute Gasteiger partial charge is 0.255 e. The van der Waals surface area contributed by atoms with Crippen molar-refractivity contribution in [3.63, 3.8) is 0 Å². The highest BCUT2D eigenvalue weighted by atomic mass is 19.1. The molecular weight excluding hydrogens is 355 g/mol. The summed E-state index contributed by atoms with van der Waals surface area (Å²) in [4.78, 5) is 24.8. The zero-order valence-electron chi connectivity index (χ0n) is 15.5. The van der Waals surface area contributed by atoms with Crippen LogP contribution in [-0.4, -0.2) is 18.4 Å². The molecule has 0 fully saturated rings. The van der Waals surface area contributed by atoms with E-state index in [-0.39, 0.29) is 17.6 Å². The van der Waals surface area contributed by atoms with Crippen molar-refractivity contribution < 1.29 is 14.0 Å². The Morgan fingerprint density at radius 2 is 1.54 bits per heavy atom. The first-order valence-electron chi connectivity index (χ1n) is 9.02. The average Bonchev–Trinajstić information content (AvgIpc) is 2.69. The van der Waals surface area contributed by atoms with Gasteiger partial charge in [0.25, 0.3) is 11.8 Å². The standard InChI is InChI=1S/C23H21FN2O2/c1-16-4-2-7-21(14-16)26-23(28)19-6-3-5-18(15-19)22(27)25-13-12-17-8-10-20(24)11-9-17/h2-11,14-15H,12-13H2,1H3,(H,25,27)(H,26,28). The molecule has 0 heterocycles. The van der Waals surface area contributed by atoms with Gasteiger partial charge in [0, 0.05) is 23.4 Å². The van der Waals surface area contributed by atoms with E-state index in [4.69, 9.17) is 0 Å². The molecule has 0 unspecified atom stereocenters. The summed E-state index contributed by atoms with van der Waals surface area (Å²) in [5.74, 6) is -0.813. The summed E-state index contributed by atoms with van der Waals surface area (Å²) >= 11 is 0. The normalized spacial score (nSPS) is 10.4. The number of rotatable bonds is 6. The number of aryl methyl sites for hydroxylation is 1. The van der Waals surface area contributed by atoms with Crippen LogP contribution in [-0.2, 0) is 6.42 Å². The Kier molecular flexibility index (Phi) is 6.17. The van der Waals surface area contributed by atoms with E-state index >= 15 is 0 Å². The number of hydrogen-bond acceptors (Lipinski definition) is 2. The van der Waals surface area contributed by atoms with Crippen molar-refractivity contribution in [1.29, 1.82) is 0 Å². The lowest BCUT2D eigenvalue weighted by Gasteiger charge is -2.09. The molecular formula is C23H21FN2O2. The molecule has 0 atom stereocenters. The molecule has 2 amide bonds. The van der Waals surface area contributed by atoms with Crippen LogP contribution in [0.3, 0.4) is 0 Å². The number of amides is 2. The topological polar surface area (TPSA) is 58.2 Å². The largest absolute Gasteiger partial charge is 0.352 e. The lowest BCUT2D eigenvalue weighted by Crippen LogP contribution is -2.26. The van der Waals surface area contributed by atoms with E-state index in [1.807, 2.05) is 31.2 Å². The molecule has 0 saturated carbocycles. The number of hydrogen-bond donors (Lipinski definition) is 2. The SMILES string of the molecule is Cc1cccc(NC(=O)c2cccc(C(=O)NCCc3ccc(F)cc3)c2)c1. The second-order valence-corrected chi connectivity index (χ2v) is 6.54. The van der Waals surface area contributed by atoms with Crippen molar-refractivity contribution in [3.8, 4) is 0 Å². The fourth-order valence-electron chi connectivity index (χ4n) is 2.80. The van der Waals surface area contributed by atoms with Gasteiger partial charge in [0.2, 0.25) is 0 Å². The van der Waals surface area contributed by atoms with Gasteiger partial charge in [-0.2, -0.15) is 0 Å². The second-order valence-electron chi connectivity index (χ2n) is 6.54. The van der Waals surface area contributed by atoms with Gasteiger partial charge in [-0.1, -0.05) is 30.3 Å². The van der Waals surface area contributed by atoms with Crippen LogP contribution in [0.2, 0.25) is 0 Å². The summed E-state index contributed by atoms with van der Waals surface area (Å²) in [5, 5.41) is 5.65. The number of nitrogens with one attached hydrogen (secondary N) is 2. The number of carbonyl (C=O) groups is 2. The molecule has 3 aromatic rings. The number of carbonyl (C=O) groups excluding carboxylic acids is 2. The van der Waals surface area contributed by atoms with Crippen molar-refractivity contribution in [3.05, 3.63) is 101 Å².